The van der Waals surface area contributed by atoms with E-state index in [9.17, 15) is 21.6 Å². The third-order valence-electron chi connectivity index (χ3n) is 3.73. The minimum atomic E-state index is -4.35. The van der Waals surface area contributed by atoms with E-state index in [1.54, 1.807) is 0 Å². The van der Waals surface area contributed by atoms with Crippen molar-refractivity contribution >= 4 is 10.0 Å². The van der Waals surface area contributed by atoms with Crippen LogP contribution in [-0.4, -0.2) is 41.9 Å². The van der Waals surface area contributed by atoms with E-state index in [2.05, 4.69) is 9.97 Å². The first-order valence-corrected chi connectivity index (χ1v) is 8.90. The maximum Gasteiger partial charge on any atom is 0.316 e. The highest BCUT2D eigenvalue weighted by Crippen LogP contribution is 2.26. The lowest BCUT2D eigenvalue weighted by atomic mass is 10.1. The van der Waals surface area contributed by atoms with Crippen LogP contribution in [0.5, 0.6) is 6.01 Å². The van der Waals surface area contributed by atoms with Crippen LogP contribution < -0.4 is 4.74 Å². The summed E-state index contributed by atoms with van der Waals surface area (Å²) in [6, 6.07) is 2.78. The van der Waals surface area contributed by atoms with Gasteiger partial charge in [0.25, 0.3) is 0 Å². The van der Waals surface area contributed by atoms with E-state index in [0.717, 1.165) is 34.9 Å². The molecule has 1 aromatic heterocycles. The topological polar surface area (TPSA) is 72.4 Å². The number of aromatic nitrogens is 2. The maximum atomic E-state index is 13.9. The molecule has 2 heterocycles. The Labute approximate surface area is 142 Å². The molecule has 1 atom stereocenters. The molecule has 0 bridgehead atoms. The Morgan fingerprint density at radius 2 is 1.76 bits per heavy atom. The van der Waals surface area contributed by atoms with Crippen LogP contribution >= 0.6 is 0 Å². The molecule has 1 fully saturated rings. The highest BCUT2D eigenvalue weighted by Gasteiger charge is 2.35. The third-order valence-corrected chi connectivity index (χ3v) is 5.64. The second kappa shape index (κ2) is 6.96. The summed E-state index contributed by atoms with van der Waals surface area (Å²) < 4.78 is 72.1. The number of hydrogen-bond donors (Lipinski definition) is 0. The Morgan fingerprint density at radius 3 is 2.40 bits per heavy atom. The quantitative estimate of drug-likeness (QED) is 0.821. The fourth-order valence-electron chi connectivity index (χ4n) is 2.59. The van der Waals surface area contributed by atoms with E-state index < -0.39 is 38.5 Å². The summed E-state index contributed by atoms with van der Waals surface area (Å²) in [6.45, 7) is -0.00289. The SMILES string of the molecule is O=S(=O)(c1c(F)cccc1F)N1CCCC(Oc2ncc(F)cn2)C1. The van der Waals surface area contributed by atoms with Gasteiger partial charge in [0, 0.05) is 6.54 Å². The second-order valence-electron chi connectivity index (χ2n) is 5.48. The van der Waals surface area contributed by atoms with Crippen molar-refractivity contribution in [1.29, 1.82) is 0 Å². The van der Waals surface area contributed by atoms with Gasteiger partial charge in [-0.1, -0.05) is 6.07 Å². The van der Waals surface area contributed by atoms with E-state index in [4.69, 9.17) is 4.74 Å². The highest BCUT2D eigenvalue weighted by molar-refractivity contribution is 7.89. The lowest BCUT2D eigenvalue weighted by Gasteiger charge is -2.31. The van der Waals surface area contributed by atoms with Crippen molar-refractivity contribution in [3.8, 4) is 6.01 Å². The molecule has 0 N–H and O–H groups in total. The van der Waals surface area contributed by atoms with Crippen molar-refractivity contribution < 1.29 is 26.3 Å². The second-order valence-corrected chi connectivity index (χ2v) is 7.35. The molecule has 6 nitrogen and oxygen atoms in total. The Balaban J connectivity index is 1.79. The molecule has 1 aliphatic rings. The molecule has 0 spiro atoms. The van der Waals surface area contributed by atoms with Gasteiger partial charge in [0.15, 0.2) is 10.7 Å². The lowest BCUT2D eigenvalue weighted by molar-refractivity contribution is 0.118. The summed E-state index contributed by atoms with van der Waals surface area (Å²) in [6.07, 6.45) is 2.18. The van der Waals surface area contributed by atoms with E-state index in [1.165, 1.54) is 0 Å². The first kappa shape index (κ1) is 17.6. The van der Waals surface area contributed by atoms with Crippen LogP contribution in [0, 0.1) is 17.5 Å². The molecular formula is C15H14F3N3O3S. The fraction of sp³-hybridized carbons (Fsp3) is 0.333. The van der Waals surface area contributed by atoms with Crippen LogP contribution in [-0.2, 0) is 10.0 Å². The molecule has 1 saturated heterocycles. The maximum absolute atomic E-state index is 13.9. The molecule has 25 heavy (non-hydrogen) atoms. The minimum absolute atomic E-state index is 0.0947. The number of rotatable bonds is 4. The smallest absolute Gasteiger partial charge is 0.316 e. The molecule has 0 radical (unpaired) electrons. The van der Waals surface area contributed by atoms with Crippen LogP contribution in [0.3, 0.4) is 0 Å². The van der Waals surface area contributed by atoms with Crippen molar-refractivity contribution in [2.45, 2.75) is 23.8 Å². The van der Waals surface area contributed by atoms with Crippen LogP contribution in [0.2, 0.25) is 0 Å². The third kappa shape index (κ3) is 3.74. The molecule has 0 amide bonds. The molecule has 0 saturated carbocycles. The molecule has 1 unspecified atom stereocenters. The van der Waals surface area contributed by atoms with Gasteiger partial charge in [0.05, 0.1) is 18.9 Å². The van der Waals surface area contributed by atoms with Crippen LogP contribution in [0.25, 0.3) is 0 Å². The van der Waals surface area contributed by atoms with Crippen molar-refractivity contribution in [1.82, 2.24) is 14.3 Å². The summed E-state index contributed by atoms with van der Waals surface area (Å²) >= 11 is 0. The number of piperidine rings is 1. The first-order chi connectivity index (χ1) is 11.9. The number of benzene rings is 1. The predicted molar refractivity (Wildman–Crippen MR) is 80.8 cm³/mol. The number of sulfonamides is 1. The molecule has 2 aromatic rings. The summed E-state index contributed by atoms with van der Waals surface area (Å²) in [4.78, 5) is 6.32. The fourth-order valence-corrected chi connectivity index (χ4v) is 4.21. The van der Waals surface area contributed by atoms with Gasteiger partial charge in [-0.15, -0.1) is 0 Å². The van der Waals surface area contributed by atoms with Crippen LogP contribution in [0.4, 0.5) is 13.2 Å². The molecular weight excluding hydrogens is 359 g/mol. The summed E-state index contributed by atoms with van der Waals surface area (Å²) in [5.41, 5.74) is 0. The Bertz CT molecular complexity index is 842. The standard InChI is InChI=1S/C15H14F3N3O3S/c16-10-7-19-15(20-8-10)24-11-3-2-6-21(9-11)25(22,23)14-12(17)4-1-5-13(14)18/h1,4-5,7-8,11H,2-3,6,9H2. The van der Waals surface area contributed by atoms with Crippen molar-refractivity contribution in [3.63, 3.8) is 0 Å². The highest BCUT2D eigenvalue weighted by atomic mass is 32.2. The van der Waals surface area contributed by atoms with Crippen LogP contribution in [0.1, 0.15) is 12.8 Å². The van der Waals surface area contributed by atoms with E-state index >= 15 is 0 Å². The molecule has 1 aromatic carbocycles. The molecule has 10 heteroatoms. The first-order valence-electron chi connectivity index (χ1n) is 7.46. The van der Waals surface area contributed by atoms with E-state index in [0.29, 0.717) is 12.8 Å². The Morgan fingerprint density at radius 1 is 1.12 bits per heavy atom. The minimum Gasteiger partial charge on any atom is -0.459 e. The Hall–Kier alpha value is -2.20. The summed E-state index contributed by atoms with van der Waals surface area (Å²) in [7, 11) is -4.35. The summed E-state index contributed by atoms with van der Waals surface area (Å²) in [5, 5.41) is 0. The summed E-state index contributed by atoms with van der Waals surface area (Å²) in [5.74, 6) is -2.93. The average molecular weight is 373 g/mol. The van der Waals surface area contributed by atoms with Crippen molar-refractivity contribution in [3.05, 3.63) is 48.0 Å². The van der Waals surface area contributed by atoms with Gasteiger partial charge < -0.3 is 4.74 Å². The molecule has 0 aliphatic carbocycles. The number of nitrogens with zero attached hydrogens (tertiary/aromatic N) is 3. The van der Waals surface area contributed by atoms with Crippen molar-refractivity contribution in [2.24, 2.45) is 0 Å². The Kier molecular flexibility index (Phi) is 4.91. The van der Waals surface area contributed by atoms with Gasteiger partial charge >= 0.3 is 6.01 Å². The predicted octanol–water partition coefficient (Wildman–Crippen LogP) is 2.13. The zero-order valence-electron chi connectivity index (χ0n) is 12.9. The number of ether oxygens (including phenoxy) is 1. The number of hydrogen-bond acceptors (Lipinski definition) is 5. The normalized spacial score (nSPS) is 18.9. The van der Waals surface area contributed by atoms with Gasteiger partial charge in [-0.25, -0.2) is 31.6 Å². The van der Waals surface area contributed by atoms with Gasteiger partial charge in [0.1, 0.15) is 17.7 Å². The van der Waals surface area contributed by atoms with Crippen LogP contribution in [0.15, 0.2) is 35.5 Å². The van der Waals surface area contributed by atoms with E-state index in [-0.39, 0.29) is 19.1 Å². The van der Waals surface area contributed by atoms with Gasteiger partial charge in [-0.2, -0.15) is 4.31 Å². The largest absolute Gasteiger partial charge is 0.459 e. The average Bonchev–Trinajstić information content (AvgIpc) is 2.57. The molecule has 1 aliphatic heterocycles. The number of halogens is 3. The van der Waals surface area contributed by atoms with E-state index in [1.807, 2.05) is 0 Å². The molecule has 3 rings (SSSR count). The van der Waals surface area contributed by atoms with Crippen molar-refractivity contribution in [2.75, 3.05) is 13.1 Å². The molecule has 134 valence electrons. The van der Waals surface area contributed by atoms with Gasteiger partial charge in [0.2, 0.25) is 10.0 Å². The van der Waals surface area contributed by atoms with Gasteiger partial charge in [-0.3, -0.25) is 0 Å². The zero-order chi connectivity index (χ0) is 18.0. The zero-order valence-corrected chi connectivity index (χ0v) is 13.7. The van der Waals surface area contributed by atoms with Gasteiger partial charge in [-0.05, 0) is 25.0 Å². The lowest BCUT2D eigenvalue weighted by Crippen LogP contribution is -2.44. The monoisotopic (exact) mass is 373 g/mol.